The van der Waals surface area contributed by atoms with Gasteiger partial charge in [-0.25, -0.2) is 9.18 Å². The van der Waals surface area contributed by atoms with Crippen LogP contribution in [0.1, 0.15) is 37.6 Å². The first-order valence-corrected chi connectivity index (χ1v) is 9.53. The fraction of sp³-hybridized carbons (Fsp3) is 0.391. The molecule has 0 unspecified atom stereocenters. The van der Waals surface area contributed by atoms with Crippen LogP contribution in [0.4, 0.5) is 9.18 Å². The molecule has 0 spiro atoms. The maximum absolute atomic E-state index is 14.4. The molecule has 2 aromatic rings. The highest BCUT2D eigenvalue weighted by molar-refractivity contribution is 5.96. The van der Waals surface area contributed by atoms with Crippen molar-refractivity contribution in [1.29, 1.82) is 0 Å². The van der Waals surface area contributed by atoms with Crippen LogP contribution in [0.2, 0.25) is 0 Å². The molecule has 2 atom stereocenters. The van der Waals surface area contributed by atoms with Gasteiger partial charge in [0, 0.05) is 24.4 Å². The number of Topliss-reactive ketones (excluding diaryl/α,β-unsaturated/α-hetero) is 1. The van der Waals surface area contributed by atoms with Gasteiger partial charge in [-0.3, -0.25) is 4.79 Å². The Labute approximate surface area is 165 Å². The summed E-state index contributed by atoms with van der Waals surface area (Å²) in [6, 6.07) is 17.3. The van der Waals surface area contributed by atoms with Crippen molar-refractivity contribution in [3.63, 3.8) is 0 Å². The van der Waals surface area contributed by atoms with E-state index in [1.807, 2.05) is 42.5 Å². The van der Waals surface area contributed by atoms with Gasteiger partial charge in [0.2, 0.25) is 0 Å². The van der Waals surface area contributed by atoms with Crippen molar-refractivity contribution < 1.29 is 18.7 Å². The number of hydrogen-bond donors (Lipinski definition) is 0. The molecule has 0 bridgehead atoms. The number of carbonyl (C=O) groups is 2. The molecule has 4 nitrogen and oxygen atoms in total. The van der Waals surface area contributed by atoms with Crippen molar-refractivity contribution in [2.45, 2.75) is 39.0 Å². The van der Waals surface area contributed by atoms with Crippen molar-refractivity contribution in [1.82, 2.24) is 4.90 Å². The maximum Gasteiger partial charge on any atom is 0.410 e. The fourth-order valence-electron chi connectivity index (χ4n) is 3.33. The van der Waals surface area contributed by atoms with Crippen molar-refractivity contribution in [3.8, 4) is 11.1 Å². The average molecular weight is 383 g/mol. The SMILES string of the molecule is CC(C)(C)OC(=O)N1C[C@H](CC(=O)c2ccc(-c3ccccc3)cc2)[C@@H](F)C1. The van der Waals surface area contributed by atoms with Gasteiger partial charge in [0.05, 0.1) is 6.54 Å². The van der Waals surface area contributed by atoms with Gasteiger partial charge in [0.25, 0.3) is 0 Å². The van der Waals surface area contributed by atoms with Gasteiger partial charge >= 0.3 is 6.09 Å². The zero-order chi connectivity index (χ0) is 20.3. The number of halogens is 1. The Morgan fingerprint density at radius 3 is 2.21 bits per heavy atom. The van der Waals surface area contributed by atoms with Gasteiger partial charge in [0.15, 0.2) is 5.78 Å². The van der Waals surface area contributed by atoms with Crippen molar-refractivity contribution >= 4 is 11.9 Å². The first-order chi connectivity index (χ1) is 13.2. The van der Waals surface area contributed by atoms with Crippen LogP contribution in [0.3, 0.4) is 0 Å². The molecule has 5 heteroatoms. The van der Waals surface area contributed by atoms with Crippen molar-refractivity contribution in [2.75, 3.05) is 13.1 Å². The van der Waals surface area contributed by atoms with Crippen molar-refractivity contribution in [2.24, 2.45) is 5.92 Å². The maximum atomic E-state index is 14.4. The molecule has 0 saturated carbocycles. The standard InChI is InChI=1S/C23H26FNO3/c1-23(2,3)28-22(27)25-14-19(20(24)15-25)13-21(26)18-11-9-17(10-12-18)16-7-5-4-6-8-16/h4-12,19-20H,13-15H2,1-3H3/t19-,20-/m0/s1. The van der Waals surface area contributed by atoms with E-state index in [1.165, 1.54) is 4.90 Å². The second-order valence-corrected chi connectivity index (χ2v) is 8.23. The van der Waals surface area contributed by atoms with Crippen LogP contribution in [0.15, 0.2) is 54.6 Å². The van der Waals surface area contributed by atoms with E-state index in [0.29, 0.717) is 5.56 Å². The lowest BCUT2D eigenvalue weighted by Gasteiger charge is -2.24. The molecule has 1 heterocycles. The molecule has 1 aliphatic heterocycles. The molecule has 0 aliphatic carbocycles. The van der Waals surface area contributed by atoms with E-state index in [-0.39, 0.29) is 25.3 Å². The molecule has 2 aromatic carbocycles. The Hall–Kier alpha value is -2.69. The Morgan fingerprint density at radius 1 is 1.00 bits per heavy atom. The van der Waals surface area contributed by atoms with Crippen LogP contribution in [-0.4, -0.2) is 41.6 Å². The third kappa shape index (κ3) is 4.97. The molecule has 148 valence electrons. The fourth-order valence-corrected chi connectivity index (χ4v) is 3.33. The Morgan fingerprint density at radius 2 is 1.61 bits per heavy atom. The van der Waals surface area contributed by atoms with Crippen LogP contribution in [-0.2, 0) is 4.74 Å². The van der Waals surface area contributed by atoms with Gasteiger partial charge in [-0.2, -0.15) is 0 Å². The highest BCUT2D eigenvalue weighted by atomic mass is 19.1. The van der Waals surface area contributed by atoms with E-state index in [2.05, 4.69) is 0 Å². The lowest BCUT2D eigenvalue weighted by molar-refractivity contribution is 0.0280. The predicted octanol–water partition coefficient (Wildman–Crippen LogP) is 5.13. The molecule has 1 aliphatic rings. The summed E-state index contributed by atoms with van der Waals surface area (Å²) in [4.78, 5) is 26.1. The lowest BCUT2D eigenvalue weighted by Crippen LogP contribution is -2.35. The van der Waals surface area contributed by atoms with Gasteiger partial charge in [-0.05, 0) is 31.9 Å². The Bertz CT molecular complexity index is 827. The van der Waals surface area contributed by atoms with E-state index in [9.17, 15) is 14.0 Å². The number of ketones is 1. The Balaban J connectivity index is 1.61. The molecule has 0 radical (unpaired) electrons. The summed E-state index contributed by atoms with van der Waals surface area (Å²) in [5.41, 5.74) is 2.03. The van der Waals surface area contributed by atoms with Crippen LogP contribution in [0, 0.1) is 5.92 Å². The number of hydrogen-bond acceptors (Lipinski definition) is 3. The number of ether oxygens (including phenoxy) is 1. The summed E-state index contributed by atoms with van der Waals surface area (Å²) < 4.78 is 19.7. The number of alkyl halides is 1. The first kappa shape index (κ1) is 20.1. The molecule has 1 saturated heterocycles. The van der Waals surface area contributed by atoms with Crippen LogP contribution in [0.25, 0.3) is 11.1 Å². The summed E-state index contributed by atoms with van der Waals surface area (Å²) in [7, 11) is 0. The van der Waals surface area contributed by atoms with E-state index in [0.717, 1.165) is 11.1 Å². The van der Waals surface area contributed by atoms with E-state index in [1.54, 1.807) is 32.9 Å². The number of benzene rings is 2. The Kier molecular flexibility index (Phi) is 5.82. The molecule has 3 rings (SSSR count). The molecule has 1 fully saturated rings. The number of likely N-dealkylation sites (tertiary alicyclic amines) is 1. The summed E-state index contributed by atoms with van der Waals surface area (Å²) in [5.74, 6) is -0.618. The summed E-state index contributed by atoms with van der Waals surface area (Å²) >= 11 is 0. The van der Waals surface area contributed by atoms with Gasteiger partial charge in [-0.15, -0.1) is 0 Å². The third-order valence-electron chi connectivity index (χ3n) is 4.77. The summed E-state index contributed by atoms with van der Waals surface area (Å²) in [6.07, 6.45) is -1.68. The lowest BCUT2D eigenvalue weighted by atomic mass is 9.95. The van der Waals surface area contributed by atoms with Crippen LogP contribution < -0.4 is 0 Å². The number of amides is 1. The van der Waals surface area contributed by atoms with Crippen molar-refractivity contribution in [3.05, 3.63) is 60.2 Å². The zero-order valence-corrected chi connectivity index (χ0v) is 16.5. The quantitative estimate of drug-likeness (QED) is 0.688. The van der Waals surface area contributed by atoms with E-state index < -0.39 is 23.8 Å². The molecule has 0 aromatic heterocycles. The zero-order valence-electron chi connectivity index (χ0n) is 16.5. The molecule has 28 heavy (non-hydrogen) atoms. The van der Waals surface area contributed by atoms with Gasteiger partial charge in [0.1, 0.15) is 11.8 Å². The summed E-state index contributed by atoms with van der Waals surface area (Å²) in [5, 5.41) is 0. The van der Waals surface area contributed by atoms with Crippen LogP contribution in [0.5, 0.6) is 0 Å². The van der Waals surface area contributed by atoms with E-state index in [4.69, 9.17) is 4.74 Å². The van der Waals surface area contributed by atoms with Gasteiger partial charge in [-0.1, -0.05) is 54.6 Å². The average Bonchev–Trinajstić information content (AvgIpc) is 3.02. The second-order valence-electron chi connectivity index (χ2n) is 8.23. The molecular formula is C23H26FNO3. The predicted molar refractivity (Wildman–Crippen MR) is 107 cm³/mol. The second kappa shape index (κ2) is 8.13. The third-order valence-corrected chi connectivity index (χ3v) is 4.77. The minimum absolute atomic E-state index is 0.0280. The molecule has 0 N–H and O–H groups in total. The molecule has 1 amide bonds. The topological polar surface area (TPSA) is 46.6 Å². The largest absolute Gasteiger partial charge is 0.444 e. The highest BCUT2D eigenvalue weighted by Crippen LogP contribution is 2.27. The van der Waals surface area contributed by atoms with E-state index >= 15 is 0 Å². The smallest absolute Gasteiger partial charge is 0.410 e. The normalized spacial score (nSPS) is 19.5. The highest BCUT2D eigenvalue weighted by Gasteiger charge is 2.38. The minimum Gasteiger partial charge on any atom is -0.444 e. The number of rotatable bonds is 4. The monoisotopic (exact) mass is 383 g/mol. The van der Waals surface area contributed by atoms with Crippen LogP contribution >= 0.6 is 0 Å². The van der Waals surface area contributed by atoms with Gasteiger partial charge < -0.3 is 9.64 Å². The number of carbonyl (C=O) groups excluding carboxylic acids is 2. The molecular weight excluding hydrogens is 357 g/mol. The first-order valence-electron chi connectivity index (χ1n) is 9.53. The summed E-state index contributed by atoms with van der Waals surface area (Å²) in [6.45, 7) is 5.49. The minimum atomic E-state index is -1.22. The number of nitrogens with zero attached hydrogens (tertiary/aromatic N) is 1.